The largest absolute Gasteiger partial charge is 0.352 e. The Hall–Kier alpha value is -2.57. The number of carbonyl (C=O) groups excluding carboxylic acids is 3. The first-order valence-corrected chi connectivity index (χ1v) is 9.30. The zero-order chi connectivity index (χ0) is 18.5. The van der Waals surface area contributed by atoms with Gasteiger partial charge in [0, 0.05) is 31.2 Å². The molecule has 0 bridgehead atoms. The van der Waals surface area contributed by atoms with Crippen LogP contribution in [0.25, 0.3) is 0 Å². The molecule has 1 saturated carbocycles. The first kappa shape index (κ1) is 18.2. The van der Waals surface area contributed by atoms with E-state index >= 15 is 0 Å². The van der Waals surface area contributed by atoms with Crippen LogP contribution < -0.4 is 16.0 Å². The minimum atomic E-state index is -0.378. The molecule has 0 radical (unpaired) electrons. The van der Waals surface area contributed by atoms with Crippen molar-refractivity contribution < 1.29 is 14.4 Å². The molecular formula is C19H26N4O3. The fraction of sp³-hybridized carbons (Fsp3) is 0.526. The number of urea groups is 1. The van der Waals surface area contributed by atoms with Crippen LogP contribution in [0.5, 0.6) is 0 Å². The summed E-state index contributed by atoms with van der Waals surface area (Å²) in [5.41, 5.74) is 1.42. The molecule has 7 heteroatoms. The third-order valence-corrected chi connectivity index (χ3v) is 4.71. The van der Waals surface area contributed by atoms with Crippen LogP contribution in [0.4, 0.5) is 4.79 Å². The zero-order valence-corrected chi connectivity index (χ0v) is 15.1. The molecule has 1 heterocycles. The second-order valence-electron chi connectivity index (χ2n) is 6.85. The van der Waals surface area contributed by atoms with Gasteiger partial charge in [-0.1, -0.05) is 12.1 Å². The van der Waals surface area contributed by atoms with Gasteiger partial charge in [-0.3, -0.25) is 9.59 Å². The maximum Gasteiger partial charge on any atom is 0.318 e. The van der Waals surface area contributed by atoms with Crippen LogP contribution in [0.1, 0.15) is 48.5 Å². The number of carbonyl (C=O) groups is 3. The SMILES string of the molecule is CCNC(=O)c1cccc(CNC(=O)N2CCCC2C(=O)NC2CC2)c1. The number of nitrogens with zero attached hydrogens (tertiary/aromatic N) is 1. The number of rotatable bonds is 6. The van der Waals surface area contributed by atoms with Crippen molar-refractivity contribution in [3.8, 4) is 0 Å². The second kappa shape index (κ2) is 8.21. The second-order valence-corrected chi connectivity index (χ2v) is 6.85. The van der Waals surface area contributed by atoms with Crippen molar-refractivity contribution in [1.82, 2.24) is 20.9 Å². The summed E-state index contributed by atoms with van der Waals surface area (Å²) in [6, 6.07) is 6.86. The summed E-state index contributed by atoms with van der Waals surface area (Å²) in [6.07, 6.45) is 3.61. The van der Waals surface area contributed by atoms with Gasteiger partial charge in [0.2, 0.25) is 5.91 Å². The molecule has 7 nitrogen and oxygen atoms in total. The zero-order valence-electron chi connectivity index (χ0n) is 15.1. The van der Waals surface area contributed by atoms with Crippen molar-refractivity contribution in [3.63, 3.8) is 0 Å². The molecular weight excluding hydrogens is 332 g/mol. The summed E-state index contributed by atoms with van der Waals surface area (Å²) in [5.74, 6) is -0.171. The van der Waals surface area contributed by atoms with Crippen LogP contribution in [0.2, 0.25) is 0 Å². The summed E-state index contributed by atoms with van der Waals surface area (Å²) in [4.78, 5) is 38.3. The smallest absolute Gasteiger partial charge is 0.318 e. The molecule has 0 aromatic heterocycles. The Morgan fingerprint density at radius 3 is 2.69 bits per heavy atom. The topological polar surface area (TPSA) is 90.5 Å². The Balaban J connectivity index is 1.55. The Labute approximate surface area is 153 Å². The highest BCUT2D eigenvalue weighted by molar-refractivity contribution is 5.94. The monoisotopic (exact) mass is 358 g/mol. The minimum Gasteiger partial charge on any atom is -0.352 e. The molecule has 0 spiro atoms. The lowest BCUT2D eigenvalue weighted by molar-refractivity contribution is -0.124. The molecule has 2 aliphatic rings. The Morgan fingerprint density at radius 1 is 1.15 bits per heavy atom. The predicted octanol–water partition coefficient (Wildman–Crippen LogP) is 1.39. The average Bonchev–Trinajstić information content (AvgIpc) is 3.31. The van der Waals surface area contributed by atoms with E-state index < -0.39 is 0 Å². The quantitative estimate of drug-likeness (QED) is 0.718. The van der Waals surface area contributed by atoms with Crippen molar-refractivity contribution in [2.75, 3.05) is 13.1 Å². The molecule has 1 aromatic rings. The standard InChI is InChI=1S/C19H26N4O3/c1-2-20-17(24)14-6-3-5-13(11-14)12-21-19(26)23-10-4-7-16(23)18(25)22-15-8-9-15/h3,5-6,11,15-16H,2,4,7-10,12H2,1H3,(H,20,24)(H,21,26)(H,22,25). The van der Waals surface area contributed by atoms with Gasteiger partial charge in [-0.25, -0.2) is 4.79 Å². The van der Waals surface area contributed by atoms with Gasteiger partial charge in [0.1, 0.15) is 6.04 Å². The van der Waals surface area contributed by atoms with E-state index in [9.17, 15) is 14.4 Å². The average molecular weight is 358 g/mol. The summed E-state index contributed by atoms with van der Waals surface area (Å²) in [6.45, 7) is 3.35. The van der Waals surface area contributed by atoms with Gasteiger partial charge in [-0.2, -0.15) is 0 Å². The number of hydrogen-bond donors (Lipinski definition) is 3. The number of hydrogen-bond acceptors (Lipinski definition) is 3. The van der Waals surface area contributed by atoms with E-state index in [1.54, 1.807) is 23.1 Å². The number of amides is 4. The summed E-state index contributed by atoms with van der Waals surface area (Å²) >= 11 is 0. The van der Waals surface area contributed by atoms with Gasteiger partial charge < -0.3 is 20.9 Å². The fourth-order valence-corrected chi connectivity index (χ4v) is 3.17. The summed E-state index contributed by atoms with van der Waals surface area (Å²) in [7, 11) is 0. The van der Waals surface area contributed by atoms with Crippen LogP contribution in [-0.2, 0) is 11.3 Å². The molecule has 3 rings (SSSR count). The van der Waals surface area contributed by atoms with Gasteiger partial charge in [0.25, 0.3) is 5.91 Å². The first-order valence-electron chi connectivity index (χ1n) is 9.30. The van der Waals surface area contributed by atoms with Crippen LogP contribution in [-0.4, -0.2) is 47.9 Å². The van der Waals surface area contributed by atoms with Crippen molar-refractivity contribution in [2.24, 2.45) is 0 Å². The summed E-state index contributed by atoms with van der Waals surface area (Å²) in [5, 5.41) is 8.61. The third kappa shape index (κ3) is 4.53. The molecule has 2 fully saturated rings. The van der Waals surface area contributed by atoms with Gasteiger partial charge >= 0.3 is 6.03 Å². The maximum absolute atomic E-state index is 12.5. The molecule has 1 unspecified atom stereocenters. The van der Waals surface area contributed by atoms with Gasteiger partial charge in [0.15, 0.2) is 0 Å². The molecule has 4 amide bonds. The molecule has 3 N–H and O–H groups in total. The third-order valence-electron chi connectivity index (χ3n) is 4.71. The van der Waals surface area contributed by atoms with Crippen LogP contribution in [0.15, 0.2) is 24.3 Å². The van der Waals surface area contributed by atoms with Gasteiger partial charge in [-0.05, 0) is 50.3 Å². The highest BCUT2D eigenvalue weighted by Crippen LogP contribution is 2.22. The van der Waals surface area contributed by atoms with Crippen LogP contribution >= 0.6 is 0 Å². The van der Waals surface area contributed by atoms with E-state index in [0.29, 0.717) is 37.7 Å². The molecule has 1 aliphatic carbocycles. The molecule has 26 heavy (non-hydrogen) atoms. The van der Waals surface area contributed by atoms with Crippen molar-refractivity contribution in [2.45, 2.75) is 51.2 Å². The predicted molar refractivity (Wildman–Crippen MR) is 97.6 cm³/mol. The fourth-order valence-electron chi connectivity index (χ4n) is 3.17. The minimum absolute atomic E-state index is 0.0432. The van der Waals surface area contributed by atoms with E-state index in [2.05, 4.69) is 16.0 Å². The van der Waals surface area contributed by atoms with E-state index in [-0.39, 0.29) is 23.9 Å². The Morgan fingerprint density at radius 2 is 1.96 bits per heavy atom. The maximum atomic E-state index is 12.5. The Kier molecular flexibility index (Phi) is 5.75. The lowest BCUT2D eigenvalue weighted by Crippen LogP contribution is -2.49. The summed E-state index contributed by atoms with van der Waals surface area (Å²) < 4.78 is 0. The van der Waals surface area contributed by atoms with Crippen molar-refractivity contribution in [3.05, 3.63) is 35.4 Å². The van der Waals surface area contributed by atoms with E-state index in [0.717, 1.165) is 24.8 Å². The van der Waals surface area contributed by atoms with Gasteiger partial charge in [-0.15, -0.1) is 0 Å². The highest BCUT2D eigenvalue weighted by atomic mass is 16.2. The first-order chi connectivity index (χ1) is 12.6. The van der Waals surface area contributed by atoms with Crippen LogP contribution in [0, 0.1) is 0 Å². The molecule has 1 aromatic carbocycles. The van der Waals surface area contributed by atoms with Crippen molar-refractivity contribution in [1.29, 1.82) is 0 Å². The van der Waals surface area contributed by atoms with E-state index in [1.165, 1.54) is 0 Å². The number of nitrogens with one attached hydrogen (secondary N) is 3. The molecule has 1 saturated heterocycles. The normalized spacial score (nSPS) is 19.1. The molecule has 140 valence electrons. The van der Waals surface area contributed by atoms with E-state index in [4.69, 9.17) is 0 Å². The van der Waals surface area contributed by atoms with Crippen molar-refractivity contribution >= 4 is 17.8 Å². The highest BCUT2D eigenvalue weighted by Gasteiger charge is 2.36. The van der Waals surface area contributed by atoms with E-state index in [1.807, 2.05) is 13.0 Å². The molecule has 1 aliphatic heterocycles. The van der Waals surface area contributed by atoms with Gasteiger partial charge in [0.05, 0.1) is 0 Å². The molecule has 1 atom stereocenters. The lowest BCUT2D eigenvalue weighted by Gasteiger charge is -2.24. The lowest BCUT2D eigenvalue weighted by atomic mass is 10.1. The number of benzene rings is 1. The Bertz CT molecular complexity index is 687. The van der Waals surface area contributed by atoms with Crippen LogP contribution in [0.3, 0.4) is 0 Å². The number of likely N-dealkylation sites (tertiary alicyclic amines) is 1.